The van der Waals surface area contributed by atoms with E-state index in [1.165, 1.54) is 18.4 Å². The molecule has 4 heteroatoms. The highest BCUT2D eigenvalue weighted by molar-refractivity contribution is 8.14. The fraction of sp³-hybridized carbons (Fsp3) is 0.500. The van der Waals surface area contributed by atoms with Crippen LogP contribution < -0.4 is 5.32 Å². The third kappa shape index (κ3) is 3.66. The maximum atomic E-state index is 5.89. The Bertz CT molecular complexity index is 416. The third-order valence-electron chi connectivity index (χ3n) is 3.04. The molecule has 1 heterocycles. The van der Waals surface area contributed by atoms with Crippen molar-refractivity contribution in [1.82, 2.24) is 5.32 Å². The molecule has 2 rings (SSSR count). The summed E-state index contributed by atoms with van der Waals surface area (Å²) in [6.45, 7) is 5.33. The van der Waals surface area contributed by atoms with Gasteiger partial charge >= 0.3 is 0 Å². The van der Waals surface area contributed by atoms with E-state index in [1.54, 1.807) is 0 Å². The van der Waals surface area contributed by atoms with Crippen LogP contribution in [0.4, 0.5) is 0 Å². The van der Waals surface area contributed by atoms with E-state index in [0.29, 0.717) is 5.25 Å². The van der Waals surface area contributed by atoms with Crippen molar-refractivity contribution in [2.24, 2.45) is 4.99 Å². The summed E-state index contributed by atoms with van der Waals surface area (Å²) < 4.78 is 0. The molecule has 2 nitrogen and oxygen atoms in total. The Hall–Kier alpha value is -0.670. The second-order valence-corrected chi connectivity index (χ2v) is 6.32. The zero-order chi connectivity index (χ0) is 13.0. The first-order chi connectivity index (χ1) is 8.69. The van der Waals surface area contributed by atoms with Gasteiger partial charge in [0.25, 0.3) is 0 Å². The molecule has 1 aliphatic rings. The molecule has 0 saturated heterocycles. The van der Waals surface area contributed by atoms with E-state index < -0.39 is 0 Å². The van der Waals surface area contributed by atoms with Crippen LogP contribution in [-0.2, 0) is 0 Å². The molecule has 18 heavy (non-hydrogen) atoms. The number of hydrogen-bond acceptors (Lipinski definition) is 3. The molecule has 0 spiro atoms. The van der Waals surface area contributed by atoms with Crippen LogP contribution in [0.1, 0.15) is 38.3 Å². The molecule has 0 aromatic heterocycles. The Balaban J connectivity index is 1.88. The molecule has 0 aliphatic carbocycles. The molecule has 1 N–H and O–H groups in total. The van der Waals surface area contributed by atoms with Gasteiger partial charge in [0.1, 0.15) is 0 Å². The maximum absolute atomic E-state index is 5.89. The molecule has 98 valence electrons. The van der Waals surface area contributed by atoms with Gasteiger partial charge in [-0.15, -0.1) is 0 Å². The molecular weight excluding hydrogens is 264 g/mol. The molecule has 1 aromatic rings. The molecule has 0 bridgehead atoms. The summed E-state index contributed by atoms with van der Waals surface area (Å²) in [7, 11) is 0. The van der Waals surface area contributed by atoms with Crippen LogP contribution in [0.3, 0.4) is 0 Å². The molecule has 2 unspecified atom stereocenters. The van der Waals surface area contributed by atoms with Gasteiger partial charge in [-0.2, -0.15) is 0 Å². The second kappa shape index (κ2) is 6.48. The molecule has 1 aliphatic heterocycles. The van der Waals surface area contributed by atoms with Crippen LogP contribution >= 0.6 is 23.4 Å². The van der Waals surface area contributed by atoms with Crippen molar-refractivity contribution in [2.75, 3.05) is 6.54 Å². The van der Waals surface area contributed by atoms with Gasteiger partial charge in [-0.05, 0) is 31.0 Å². The number of nitrogens with zero attached hydrogens (tertiary/aromatic N) is 1. The van der Waals surface area contributed by atoms with Crippen molar-refractivity contribution in [1.29, 1.82) is 0 Å². The molecule has 0 amide bonds. The first-order valence-electron chi connectivity index (χ1n) is 6.42. The van der Waals surface area contributed by atoms with Gasteiger partial charge in [-0.1, -0.05) is 48.8 Å². The van der Waals surface area contributed by atoms with E-state index in [0.717, 1.165) is 16.7 Å². The van der Waals surface area contributed by atoms with E-state index >= 15 is 0 Å². The van der Waals surface area contributed by atoms with E-state index in [2.05, 4.69) is 36.3 Å². The summed E-state index contributed by atoms with van der Waals surface area (Å²) >= 11 is 7.77. The van der Waals surface area contributed by atoms with Gasteiger partial charge in [-0.3, -0.25) is 4.99 Å². The minimum Gasteiger partial charge on any atom is -0.358 e. The summed E-state index contributed by atoms with van der Waals surface area (Å²) in [5.41, 5.74) is 1.24. The highest BCUT2D eigenvalue weighted by Crippen LogP contribution is 2.25. The van der Waals surface area contributed by atoms with Crippen LogP contribution in [0.25, 0.3) is 0 Å². The predicted octanol–water partition coefficient (Wildman–Crippen LogP) is 4.26. The van der Waals surface area contributed by atoms with Gasteiger partial charge in [-0.25, -0.2) is 0 Å². The standard InChI is InChI=1S/C14H19ClN2S/c1-3-4-13-9-16-14(18-13)17-10(2)11-5-7-12(15)8-6-11/h5-8,10,13H,3-4,9H2,1-2H3,(H,16,17). The van der Waals surface area contributed by atoms with Crippen molar-refractivity contribution in [3.8, 4) is 0 Å². The number of hydrogen-bond donors (Lipinski definition) is 1. The third-order valence-corrected chi connectivity index (χ3v) is 4.48. The Labute approximate surface area is 118 Å². The number of rotatable bonds is 4. The topological polar surface area (TPSA) is 24.4 Å². The van der Waals surface area contributed by atoms with E-state index in [1.807, 2.05) is 23.9 Å². The van der Waals surface area contributed by atoms with Gasteiger partial charge < -0.3 is 5.32 Å². The molecule has 0 saturated carbocycles. The zero-order valence-electron chi connectivity index (χ0n) is 10.8. The Morgan fingerprint density at radius 3 is 2.83 bits per heavy atom. The largest absolute Gasteiger partial charge is 0.358 e. The van der Waals surface area contributed by atoms with Crippen molar-refractivity contribution in [3.05, 3.63) is 34.9 Å². The van der Waals surface area contributed by atoms with Gasteiger partial charge in [0.05, 0.1) is 12.6 Å². The highest BCUT2D eigenvalue weighted by Gasteiger charge is 2.20. The SMILES string of the molecule is CCCC1CN=C(NC(C)c2ccc(Cl)cc2)S1. The average molecular weight is 283 g/mol. The van der Waals surface area contributed by atoms with Gasteiger partial charge in [0, 0.05) is 10.3 Å². The molecule has 0 fully saturated rings. The Morgan fingerprint density at radius 2 is 2.17 bits per heavy atom. The quantitative estimate of drug-likeness (QED) is 0.892. The van der Waals surface area contributed by atoms with Crippen LogP contribution in [0.2, 0.25) is 5.02 Å². The first-order valence-corrected chi connectivity index (χ1v) is 7.68. The number of amidine groups is 1. The first kappa shape index (κ1) is 13.8. The van der Waals surface area contributed by atoms with E-state index in [-0.39, 0.29) is 6.04 Å². The lowest BCUT2D eigenvalue weighted by atomic mass is 10.1. The lowest BCUT2D eigenvalue weighted by molar-refractivity contribution is 0.720. The minimum absolute atomic E-state index is 0.272. The van der Waals surface area contributed by atoms with Gasteiger partial charge in [0.2, 0.25) is 0 Å². The normalized spacial score (nSPS) is 20.6. The van der Waals surface area contributed by atoms with Crippen molar-refractivity contribution in [2.45, 2.75) is 38.0 Å². The van der Waals surface area contributed by atoms with Crippen molar-refractivity contribution in [3.63, 3.8) is 0 Å². The summed E-state index contributed by atoms with van der Waals surface area (Å²) in [5, 5.41) is 5.99. The van der Waals surface area contributed by atoms with Crippen LogP contribution in [0.15, 0.2) is 29.3 Å². The summed E-state index contributed by atoms with van der Waals surface area (Å²) in [4.78, 5) is 4.56. The van der Waals surface area contributed by atoms with Crippen molar-refractivity contribution < 1.29 is 0 Å². The second-order valence-electron chi connectivity index (χ2n) is 4.59. The average Bonchev–Trinajstić information content (AvgIpc) is 2.78. The lowest BCUT2D eigenvalue weighted by Gasteiger charge is -2.15. The van der Waals surface area contributed by atoms with Gasteiger partial charge in [0.15, 0.2) is 5.17 Å². The zero-order valence-corrected chi connectivity index (χ0v) is 12.4. The summed E-state index contributed by atoms with van der Waals surface area (Å²) in [6, 6.07) is 8.25. The van der Waals surface area contributed by atoms with Crippen LogP contribution in [0.5, 0.6) is 0 Å². The number of aliphatic imine (C=N–C) groups is 1. The Morgan fingerprint density at radius 1 is 1.44 bits per heavy atom. The number of benzene rings is 1. The Kier molecular flexibility index (Phi) is 4.95. The fourth-order valence-corrected chi connectivity index (χ4v) is 3.33. The monoisotopic (exact) mass is 282 g/mol. The number of halogens is 1. The van der Waals surface area contributed by atoms with E-state index in [4.69, 9.17) is 11.6 Å². The summed E-state index contributed by atoms with van der Waals surface area (Å²) in [6.07, 6.45) is 2.47. The highest BCUT2D eigenvalue weighted by atomic mass is 35.5. The molecular formula is C14H19ClN2S. The molecule has 0 radical (unpaired) electrons. The number of nitrogens with one attached hydrogen (secondary N) is 1. The summed E-state index contributed by atoms with van der Waals surface area (Å²) in [5.74, 6) is 0. The fourth-order valence-electron chi connectivity index (χ4n) is 1.99. The van der Waals surface area contributed by atoms with Crippen molar-refractivity contribution >= 4 is 28.5 Å². The molecule has 2 atom stereocenters. The van der Waals surface area contributed by atoms with Crippen LogP contribution in [0, 0.1) is 0 Å². The minimum atomic E-state index is 0.272. The molecule has 1 aromatic carbocycles. The smallest absolute Gasteiger partial charge is 0.157 e. The van der Waals surface area contributed by atoms with E-state index in [9.17, 15) is 0 Å². The predicted molar refractivity (Wildman–Crippen MR) is 81.6 cm³/mol. The van der Waals surface area contributed by atoms with Crippen LogP contribution in [-0.4, -0.2) is 17.0 Å². The lowest BCUT2D eigenvalue weighted by Crippen LogP contribution is -2.23. The number of thioether (sulfide) groups is 1. The maximum Gasteiger partial charge on any atom is 0.157 e.